The van der Waals surface area contributed by atoms with Gasteiger partial charge in [0.15, 0.2) is 0 Å². The molecule has 0 spiro atoms. The molecule has 0 saturated carbocycles. The maximum absolute atomic E-state index is 12.3. The van der Waals surface area contributed by atoms with E-state index in [4.69, 9.17) is 4.74 Å². The van der Waals surface area contributed by atoms with Crippen LogP contribution in [0, 0.1) is 11.3 Å². The van der Waals surface area contributed by atoms with E-state index in [1.54, 1.807) is 20.8 Å². The molecule has 1 amide bonds. The Bertz CT molecular complexity index is 368. The second-order valence-corrected chi connectivity index (χ2v) is 6.67. The molecule has 1 atom stereocenters. The van der Waals surface area contributed by atoms with Crippen LogP contribution >= 0.6 is 0 Å². The van der Waals surface area contributed by atoms with E-state index in [1.165, 1.54) is 11.9 Å². The summed E-state index contributed by atoms with van der Waals surface area (Å²) in [6.45, 7) is 6.22. The molecule has 116 valence electrons. The minimum Gasteiger partial charge on any atom is -0.481 e. The summed E-state index contributed by atoms with van der Waals surface area (Å²) < 4.78 is 5.19. The first-order valence-electron chi connectivity index (χ1n) is 6.85. The molecular formula is C14H25NO5. The van der Waals surface area contributed by atoms with E-state index in [-0.39, 0.29) is 6.54 Å². The van der Waals surface area contributed by atoms with E-state index in [2.05, 4.69) is 0 Å². The minimum absolute atomic E-state index is 0.134. The molecule has 6 nitrogen and oxygen atoms in total. The summed E-state index contributed by atoms with van der Waals surface area (Å²) in [6, 6.07) is 0. The van der Waals surface area contributed by atoms with E-state index in [1.807, 2.05) is 0 Å². The van der Waals surface area contributed by atoms with Crippen LogP contribution in [0.5, 0.6) is 0 Å². The predicted molar refractivity (Wildman–Crippen MR) is 73.2 cm³/mol. The molecule has 0 aliphatic carbocycles. The first-order valence-corrected chi connectivity index (χ1v) is 6.85. The first-order chi connectivity index (χ1) is 9.07. The number of amides is 1. The first kappa shape index (κ1) is 16.9. The standard InChI is InChI=1S/C14H25NO5/c1-13(2,3)10(12(17)18)11(16)15(4)9-14(19)5-7-20-8-6-14/h10,19H,5-9H2,1-4H3,(H,17,18). The fourth-order valence-corrected chi connectivity index (χ4v) is 2.50. The molecule has 1 rings (SSSR count). The number of carbonyl (C=O) groups excluding carboxylic acids is 1. The number of rotatable bonds is 4. The van der Waals surface area contributed by atoms with Gasteiger partial charge in [-0.1, -0.05) is 20.8 Å². The minimum atomic E-state index is -1.13. The number of hydrogen-bond donors (Lipinski definition) is 2. The predicted octanol–water partition coefficient (Wildman–Crippen LogP) is 0.733. The normalized spacial score (nSPS) is 20.2. The van der Waals surface area contributed by atoms with E-state index >= 15 is 0 Å². The van der Waals surface area contributed by atoms with Crippen molar-refractivity contribution in [2.24, 2.45) is 11.3 Å². The zero-order chi connectivity index (χ0) is 15.6. The smallest absolute Gasteiger partial charge is 0.316 e. The highest BCUT2D eigenvalue weighted by molar-refractivity contribution is 5.97. The van der Waals surface area contributed by atoms with Crippen molar-refractivity contribution in [2.75, 3.05) is 26.8 Å². The van der Waals surface area contributed by atoms with Crippen LogP contribution in [0.3, 0.4) is 0 Å². The summed E-state index contributed by atoms with van der Waals surface area (Å²) in [5.74, 6) is -2.71. The van der Waals surface area contributed by atoms with Crippen LogP contribution in [0.2, 0.25) is 0 Å². The zero-order valence-corrected chi connectivity index (χ0v) is 12.7. The monoisotopic (exact) mass is 287 g/mol. The molecule has 20 heavy (non-hydrogen) atoms. The van der Waals surface area contributed by atoms with Gasteiger partial charge >= 0.3 is 5.97 Å². The van der Waals surface area contributed by atoms with Gasteiger partial charge in [0.05, 0.1) is 5.60 Å². The van der Waals surface area contributed by atoms with Gasteiger partial charge in [-0.3, -0.25) is 9.59 Å². The molecule has 6 heteroatoms. The third-order valence-electron chi connectivity index (χ3n) is 3.69. The Balaban J connectivity index is 2.77. The summed E-state index contributed by atoms with van der Waals surface area (Å²) in [6.07, 6.45) is 0.912. The van der Waals surface area contributed by atoms with Crippen molar-refractivity contribution >= 4 is 11.9 Å². The second kappa shape index (κ2) is 6.10. The highest BCUT2D eigenvalue weighted by atomic mass is 16.5. The Labute approximate surface area is 119 Å². The average molecular weight is 287 g/mol. The SMILES string of the molecule is CN(CC1(O)CCOCC1)C(=O)C(C(=O)O)C(C)(C)C. The van der Waals surface area contributed by atoms with Crippen LogP contribution in [0.4, 0.5) is 0 Å². The topological polar surface area (TPSA) is 87.1 Å². The number of likely N-dealkylation sites (N-methyl/N-ethyl adjacent to an activating group) is 1. The molecular weight excluding hydrogens is 262 g/mol. The Morgan fingerprint density at radius 1 is 1.30 bits per heavy atom. The highest BCUT2D eigenvalue weighted by Crippen LogP contribution is 2.29. The Hall–Kier alpha value is -1.14. The van der Waals surface area contributed by atoms with Crippen molar-refractivity contribution in [1.82, 2.24) is 4.90 Å². The highest BCUT2D eigenvalue weighted by Gasteiger charge is 2.41. The van der Waals surface area contributed by atoms with Gasteiger partial charge in [0.1, 0.15) is 5.92 Å². The van der Waals surface area contributed by atoms with Crippen LogP contribution in [0.15, 0.2) is 0 Å². The third-order valence-corrected chi connectivity index (χ3v) is 3.69. The Morgan fingerprint density at radius 3 is 2.20 bits per heavy atom. The van der Waals surface area contributed by atoms with Gasteiger partial charge in [0, 0.05) is 39.6 Å². The van der Waals surface area contributed by atoms with Crippen LogP contribution in [-0.4, -0.2) is 59.4 Å². The number of aliphatic carboxylic acids is 1. The van der Waals surface area contributed by atoms with Crippen molar-refractivity contribution in [3.63, 3.8) is 0 Å². The molecule has 1 heterocycles. The maximum atomic E-state index is 12.3. The van der Waals surface area contributed by atoms with Crippen molar-refractivity contribution in [1.29, 1.82) is 0 Å². The van der Waals surface area contributed by atoms with Gasteiger partial charge in [-0.15, -0.1) is 0 Å². The van der Waals surface area contributed by atoms with Crippen LogP contribution < -0.4 is 0 Å². The number of nitrogens with zero attached hydrogens (tertiary/aromatic N) is 1. The quantitative estimate of drug-likeness (QED) is 0.744. The molecule has 0 aromatic carbocycles. The Morgan fingerprint density at radius 2 is 1.80 bits per heavy atom. The summed E-state index contributed by atoms with van der Waals surface area (Å²) in [4.78, 5) is 25.0. The van der Waals surface area contributed by atoms with E-state index < -0.39 is 28.8 Å². The van der Waals surface area contributed by atoms with Gasteiger partial charge in [-0.05, 0) is 5.41 Å². The zero-order valence-electron chi connectivity index (χ0n) is 12.7. The van der Waals surface area contributed by atoms with E-state index in [9.17, 15) is 19.8 Å². The lowest BCUT2D eigenvalue weighted by atomic mass is 9.79. The van der Waals surface area contributed by atoms with Crippen LogP contribution in [0.1, 0.15) is 33.6 Å². The van der Waals surface area contributed by atoms with Crippen molar-refractivity contribution < 1.29 is 24.5 Å². The molecule has 0 radical (unpaired) electrons. The van der Waals surface area contributed by atoms with Crippen LogP contribution in [-0.2, 0) is 14.3 Å². The lowest BCUT2D eigenvalue weighted by molar-refractivity contribution is -0.158. The van der Waals surface area contributed by atoms with Crippen molar-refractivity contribution in [3.8, 4) is 0 Å². The van der Waals surface area contributed by atoms with E-state index in [0.29, 0.717) is 26.1 Å². The van der Waals surface area contributed by atoms with Gasteiger partial charge in [0.2, 0.25) is 5.91 Å². The number of hydrogen-bond acceptors (Lipinski definition) is 4. The maximum Gasteiger partial charge on any atom is 0.316 e. The lowest BCUT2D eigenvalue weighted by Gasteiger charge is -2.37. The molecule has 1 saturated heterocycles. The number of aliphatic hydroxyl groups is 1. The molecule has 0 aromatic heterocycles. The van der Waals surface area contributed by atoms with Gasteiger partial charge < -0.3 is 19.8 Å². The average Bonchev–Trinajstić information content (AvgIpc) is 2.26. The third kappa shape index (κ3) is 4.18. The van der Waals surface area contributed by atoms with Gasteiger partial charge in [-0.25, -0.2) is 0 Å². The summed E-state index contributed by atoms with van der Waals surface area (Å²) in [5.41, 5.74) is -1.65. The molecule has 2 N–H and O–H groups in total. The molecule has 1 aliphatic rings. The largest absolute Gasteiger partial charge is 0.481 e. The van der Waals surface area contributed by atoms with Gasteiger partial charge in [-0.2, -0.15) is 0 Å². The van der Waals surface area contributed by atoms with Crippen molar-refractivity contribution in [2.45, 2.75) is 39.2 Å². The number of carboxylic acid groups (broad SMARTS) is 1. The molecule has 1 unspecified atom stereocenters. The molecule has 0 bridgehead atoms. The van der Waals surface area contributed by atoms with Gasteiger partial charge in [0.25, 0.3) is 0 Å². The van der Waals surface area contributed by atoms with E-state index in [0.717, 1.165) is 0 Å². The number of carbonyl (C=O) groups is 2. The fraction of sp³-hybridized carbons (Fsp3) is 0.857. The number of ether oxygens (including phenoxy) is 1. The Kier molecular flexibility index (Phi) is 5.15. The lowest BCUT2D eigenvalue weighted by Crippen LogP contribution is -2.51. The van der Waals surface area contributed by atoms with Crippen molar-refractivity contribution in [3.05, 3.63) is 0 Å². The van der Waals surface area contributed by atoms with Crippen LogP contribution in [0.25, 0.3) is 0 Å². The molecule has 1 aliphatic heterocycles. The second-order valence-electron chi connectivity index (χ2n) is 6.67. The molecule has 1 fully saturated rings. The summed E-state index contributed by atoms with van der Waals surface area (Å²) in [5, 5.41) is 19.7. The molecule has 0 aromatic rings. The fourth-order valence-electron chi connectivity index (χ4n) is 2.50. The number of carboxylic acids is 1. The summed E-state index contributed by atoms with van der Waals surface area (Å²) >= 11 is 0. The summed E-state index contributed by atoms with van der Waals surface area (Å²) in [7, 11) is 1.54.